The molecule has 2 aromatic carbocycles. The number of hydrogen-bond donors (Lipinski definition) is 2. The highest BCUT2D eigenvalue weighted by Gasteiger charge is 2.21. The first kappa shape index (κ1) is 13.8. The van der Waals surface area contributed by atoms with Crippen molar-refractivity contribution < 1.29 is 12.8 Å². The Morgan fingerprint density at radius 1 is 1.15 bits per heavy atom. The van der Waals surface area contributed by atoms with E-state index in [1.807, 2.05) is 0 Å². The molecular weight excluding hydrogens is 281 g/mol. The summed E-state index contributed by atoms with van der Waals surface area (Å²) in [5.74, 6) is -0.882. The summed E-state index contributed by atoms with van der Waals surface area (Å²) in [4.78, 5) is -0.406. The van der Waals surface area contributed by atoms with Crippen LogP contribution in [0, 0.1) is 17.1 Å². The fourth-order valence-electron chi connectivity index (χ4n) is 1.60. The first-order valence-electron chi connectivity index (χ1n) is 5.51. The highest BCUT2D eigenvalue weighted by molar-refractivity contribution is 7.92. The maximum atomic E-state index is 13.4. The molecule has 2 rings (SSSR count). The summed E-state index contributed by atoms with van der Waals surface area (Å²) in [7, 11) is -4.04. The quantitative estimate of drug-likeness (QED) is 0.846. The van der Waals surface area contributed by atoms with Crippen LogP contribution in [0.3, 0.4) is 0 Å². The molecule has 0 saturated heterocycles. The molecule has 0 saturated carbocycles. The van der Waals surface area contributed by atoms with E-state index >= 15 is 0 Å². The Morgan fingerprint density at radius 3 is 2.40 bits per heavy atom. The predicted molar refractivity (Wildman–Crippen MR) is 72.8 cm³/mol. The molecule has 0 unspecified atom stereocenters. The van der Waals surface area contributed by atoms with Crippen LogP contribution in [0.2, 0.25) is 0 Å². The minimum atomic E-state index is -4.04. The van der Waals surface area contributed by atoms with Gasteiger partial charge in [0.15, 0.2) is 0 Å². The van der Waals surface area contributed by atoms with E-state index < -0.39 is 26.3 Å². The topological polar surface area (TPSA) is 96.0 Å². The van der Waals surface area contributed by atoms with Gasteiger partial charge in [0.25, 0.3) is 10.0 Å². The SMILES string of the molecule is N#Cc1c(F)cccc1S(=O)(=O)Nc1ccc(N)cc1. The largest absolute Gasteiger partial charge is 0.399 e. The van der Waals surface area contributed by atoms with E-state index in [9.17, 15) is 12.8 Å². The molecule has 0 bridgehead atoms. The smallest absolute Gasteiger partial charge is 0.263 e. The van der Waals surface area contributed by atoms with E-state index in [4.69, 9.17) is 11.0 Å². The van der Waals surface area contributed by atoms with Crippen molar-refractivity contribution in [3.8, 4) is 6.07 Å². The molecule has 2 aromatic rings. The molecule has 0 aliphatic carbocycles. The van der Waals surface area contributed by atoms with E-state index in [1.165, 1.54) is 36.4 Å². The number of nitrogens with one attached hydrogen (secondary N) is 1. The number of nitrogens with zero attached hydrogens (tertiary/aromatic N) is 1. The van der Waals surface area contributed by atoms with Crippen LogP contribution in [0.15, 0.2) is 47.4 Å². The van der Waals surface area contributed by atoms with E-state index in [2.05, 4.69) is 4.72 Å². The van der Waals surface area contributed by atoms with Crippen molar-refractivity contribution in [1.82, 2.24) is 0 Å². The lowest BCUT2D eigenvalue weighted by molar-refractivity contribution is 0.593. The van der Waals surface area contributed by atoms with Crippen LogP contribution in [0.25, 0.3) is 0 Å². The molecule has 102 valence electrons. The summed E-state index contributed by atoms with van der Waals surface area (Å²) in [6, 6.07) is 11.0. The minimum absolute atomic E-state index is 0.271. The molecule has 3 N–H and O–H groups in total. The van der Waals surface area contributed by atoms with Gasteiger partial charge in [0.05, 0.1) is 0 Å². The lowest BCUT2D eigenvalue weighted by Crippen LogP contribution is -2.15. The normalized spacial score (nSPS) is 10.8. The average molecular weight is 291 g/mol. The standard InChI is InChI=1S/C13H10FN3O2S/c14-12-2-1-3-13(11(12)8-15)20(18,19)17-10-6-4-9(16)5-7-10/h1-7,17H,16H2. The maximum Gasteiger partial charge on any atom is 0.263 e. The van der Waals surface area contributed by atoms with Crippen LogP contribution < -0.4 is 10.5 Å². The van der Waals surface area contributed by atoms with Crippen LogP contribution >= 0.6 is 0 Å². The number of nitriles is 1. The molecule has 0 amide bonds. The van der Waals surface area contributed by atoms with Crippen molar-refractivity contribution in [1.29, 1.82) is 5.26 Å². The molecule has 0 aliphatic rings. The van der Waals surface area contributed by atoms with E-state index in [-0.39, 0.29) is 5.69 Å². The van der Waals surface area contributed by atoms with Crippen LogP contribution in [-0.4, -0.2) is 8.42 Å². The van der Waals surface area contributed by atoms with Gasteiger partial charge in [-0.2, -0.15) is 5.26 Å². The molecule has 0 fully saturated rings. The van der Waals surface area contributed by atoms with Gasteiger partial charge >= 0.3 is 0 Å². The van der Waals surface area contributed by atoms with E-state index in [1.54, 1.807) is 6.07 Å². The third kappa shape index (κ3) is 2.70. The lowest BCUT2D eigenvalue weighted by Gasteiger charge is -2.09. The van der Waals surface area contributed by atoms with Crippen molar-refractivity contribution in [2.45, 2.75) is 4.90 Å². The Kier molecular flexibility index (Phi) is 3.59. The summed E-state index contributed by atoms with van der Waals surface area (Å²) >= 11 is 0. The predicted octanol–water partition coefficient (Wildman–Crippen LogP) is 2.08. The van der Waals surface area contributed by atoms with Gasteiger partial charge in [-0.25, -0.2) is 12.8 Å². The molecule has 0 spiro atoms. The maximum absolute atomic E-state index is 13.4. The van der Waals surface area contributed by atoms with Crippen LogP contribution in [0.4, 0.5) is 15.8 Å². The van der Waals surface area contributed by atoms with Crippen molar-refractivity contribution in [2.24, 2.45) is 0 Å². The number of hydrogen-bond acceptors (Lipinski definition) is 4. The number of anilines is 2. The first-order valence-corrected chi connectivity index (χ1v) is 6.99. The van der Waals surface area contributed by atoms with Crippen LogP contribution in [-0.2, 0) is 10.0 Å². The average Bonchev–Trinajstić information content (AvgIpc) is 2.41. The van der Waals surface area contributed by atoms with Gasteiger partial charge in [0, 0.05) is 11.4 Å². The molecule has 0 aromatic heterocycles. The number of benzene rings is 2. The van der Waals surface area contributed by atoms with E-state index in [0.717, 1.165) is 6.07 Å². The Hall–Kier alpha value is -2.59. The zero-order valence-electron chi connectivity index (χ0n) is 10.2. The summed E-state index contributed by atoms with van der Waals surface area (Å²) in [5.41, 5.74) is 5.73. The summed E-state index contributed by atoms with van der Waals surface area (Å²) in [5, 5.41) is 8.87. The van der Waals surface area contributed by atoms with Gasteiger partial charge in [0.2, 0.25) is 0 Å². The number of rotatable bonds is 3. The second-order valence-corrected chi connectivity index (χ2v) is 5.60. The fraction of sp³-hybridized carbons (Fsp3) is 0. The number of sulfonamides is 1. The summed E-state index contributed by atoms with van der Waals surface area (Å²) in [6.07, 6.45) is 0. The molecule has 0 atom stereocenters. The Morgan fingerprint density at radius 2 is 1.80 bits per heavy atom. The van der Waals surface area contributed by atoms with Gasteiger partial charge < -0.3 is 5.73 Å². The Bertz CT molecular complexity index is 780. The zero-order chi connectivity index (χ0) is 14.8. The zero-order valence-corrected chi connectivity index (χ0v) is 11.0. The lowest BCUT2D eigenvalue weighted by atomic mass is 10.2. The molecule has 7 heteroatoms. The van der Waals surface area contributed by atoms with Crippen molar-refractivity contribution >= 4 is 21.4 Å². The monoisotopic (exact) mass is 291 g/mol. The minimum Gasteiger partial charge on any atom is -0.399 e. The highest BCUT2D eigenvalue weighted by Crippen LogP contribution is 2.21. The highest BCUT2D eigenvalue weighted by atomic mass is 32.2. The molecule has 0 radical (unpaired) electrons. The Balaban J connectivity index is 2.44. The second-order valence-electron chi connectivity index (χ2n) is 3.95. The third-order valence-electron chi connectivity index (χ3n) is 2.54. The van der Waals surface area contributed by atoms with Crippen LogP contribution in [0.5, 0.6) is 0 Å². The summed E-state index contributed by atoms with van der Waals surface area (Å²) < 4.78 is 40.0. The molecular formula is C13H10FN3O2S. The van der Waals surface area contributed by atoms with Gasteiger partial charge in [-0.1, -0.05) is 6.07 Å². The summed E-state index contributed by atoms with van der Waals surface area (Å²) in [6.45, 7) is 0. The van der Waals surface area contributed by atoms with Gasteiger partial charge in [-0.15, -0.1) is 0 Å². The molecule has 0 heterocycles. The number of nitrogen functional groups attached to an aromatic ring is 1. The van der Waals surface area contributed by atoms with Crippen molar-refractivity contribution in [3.05, 3.63) is 53.8 Å². The van der Waals surface area contributed by atoms with Gasteiger partial charge in [-0.05, 0) is 36.4 Å². The molecule has 20 heavy (non-hydrogen) atoms. The fourth-order valence-corrected chi connectivity index (χ4v) is 2.82. The third-order valence-corrected chi connectivity index (χ3v) is 3.96. The van der Waals surface area contributed by atoms with E-state index in [0.29, 0.717) is 5.69 Å². The van der Waals surface area contributed by atoms with Crippen LogP contribution in [0.1, 0.15) is 5.56 Å². The van der Waals surface area contributed by atoms with Crippen molar-refractivity contribution in [3.63, 3.8) is 0 Å². The molecule has 0 aliphatic heterocycles. The number of nitrogens with two attached hydrogens (primary N) is 1. The Labute approximate surface area is 115 Å². The number of halogens is 1. The first-order chi connectivity index (χ1) is 9.44. The second kappa shape index (κ2) is 5.19. The van der Waals surface area contributed by atoms with Gasteiger partial charge in [0.1, 0.15) is 22.3 Å². The van der Waals surface area contributed by atoms with Gasteiger partial charge in [-0.3, -0.25) is 4.72 Å². The van der Waals surface area contributed by atoms with Crippen molar-refractivity contribution in [2.75, 3.05) is 10.5 Å². The molecule has 5 nitrogen and oxygen atoms in total.